The van der Waals surface area contributed by atoms with E-state index in [1.54, 1.807) is 23.4 Å². The van der Waals surface area contributed by atoms with Crippen LogP contribution in [0.5, 0.6) is 0 Å². The molecular formula is C16H25BN2O3. The van der Waals surface area contributed by atoms with Crippen LogP contribution < -0.4 is 5.46 Å². The molecule has 0 unspecified atom stereocenters. The number of carbonyl (C=O) groups excluding carboxylic acids is 1. The standard InChI is InChI=1S/C16H25BN2O3/c1-7-19(8-2)14(20)12-11-18-10-9-13(12)17-21-15(3,4)16(5,6)22-17/h9-11H,7-8H2,1-6H3. The summed E-state index contributed by atoms with van der Waals surface area (Å²) in [5.74, 6) is -0.0391. The Bertz CT molecular complexity index is 540. The molecule has 0 saturated carbocycles. The molecular weight excluding hydrogens is 279 g/mol. The van der Waals surface area contributed by atoms with Crippen LogP contribution >= 0.6 is 0 Å². The highest BCUT2D eigenvalue weighted by Gasteiger charge is 2.52. The van der Waals surface area contributed by atoms with E-state index in [-0.39, 0.29) is 5.91 Å². The lowest BCUT2D eigenvalue weighted by Crippen LogP contribution is -2.42. The van der Waals surface area contributed by atoms with Gasteiger partial charge >= 0.3 is 7.12 Å². The molecule has 0 atom stereocenters. The van der Waals surface area contributed by atoms with Crippen LogP contribution in [0.1, 0.15) is 51.9 Å². The van der Waals surface area contributed by atoms with E-state index in [1.165, 1.54) is 0 Å². The van der Waals surface area contributed by atoms with Crippen LogP contribution in [0, 0.1) is 0 Å². The molecule has 1 aromatic rings. The fraction of sp³-hybridized carbons (Fsp3) is 0.625. The summed E-state index contributed by atoms with van der Waals surface area (Å²) in [6.07, 6.45) is 3.26. The predicted molar refractivity (Wildman–Crippen MR) is 87.2 cm³/mol. The van der Waals surface area contributed by atoms with E-state index >= 15 is 0 Å². The molecule has 1 aromatic heterocycles. The number of amides is 1. The van der Waals surface area contributed by atoms with Gasteiger partial charge in [-0.05, 0) is 53.1 Å². The fourth-order valence-corrected chi connectivity index (χ4v) is 2.44. The van der Waals surface area contributed by atoms with Gasteiger partial charge in [0, 0.05) is 25.5 Å². The van der Waals surface area contributed by atoms with E-state index in [0.29, 0.717) is 18.7 Å². The van der Waals surface area contributed by atoms with Gasteiger partial charge in [0.1, 0.15) is 0 Å². The summed E-state index contributed by atoms with van der Waals surface area (Å²) in [6, 6.07) is 1.80. The van der Waals surface area contributed by atoms with E-state index < -0.39 is 18.3 Å². The molecule has 1 aliphatic heterocycles. The van der Waals surface area contributed by atoms with E-state index in [9.17, 15) is 4.79 Å². The molecule has 1 aliphatic rings. The van der Waals surface area contributed by atoms with Crippen molar-refractivity contribution in [1.29, 1.82) is 0 Å². The fourth-order valence-electron chi connectivity index (χ4n) is 2.44. The van der Waals surface area contributed by atoms with Gasteiger partial charge in [0.25, 0.3) is 5.91 Å². The van der Waals surface area contributed by atoms with Crippen molar-refractivity contribution in [2.75, 3.05) is 13.1 Å². The third-order valence-electron chi connectivity index (χ3n) is 4.64. The van der Waals surface area contributed by atoms with Crippen LogP contribution in [0.4, 0.5) is 0 Å². The Morgan fingerprint density at radius 2 is 1.73 bits per heavy atom. The van der Waals surface area contributed by atoms with E-state index in [2.05, 4.69) is 4.98 Å². The van der Waals surface area contributed by atoms with Crippen molar-refractivity contribution in [3.63, 3.8) is 0 Å². The average Bonchev–Trinajstić information content (AvgIpc) is 2.68. The second-order valence-corrected chi connectivity index (χ2v) is 6.53. The summed E-state index contributed by atoms with van der Waals surface area (Å²) in [7, 11) is -0.553. The Morgan fingerprint density at radius 3 is 2.23 bits per heavy atom. The number of hydrogen-bond donors (Lipinski definition) is 0. The first kappa shape index (κ1) is 17.0. The summed E-state index contributed by atoms with van der Waals surface area (Å²) in [5.41, 5.74) is 0.419. The Labute approximate surface area is 133 Å². The van der Waals surface area contributed by atoms with Crippen LogP contribution in [0.25, 0.3) is 0 Å². The first-order valence-electron chi connectivity index (χ1n) is 7.82. The molecule has 0 aliphatic carbocycles. The van der Waals surface area contributed by atoms with Gasteiger partial charge in [-0.1, -0.05) is 0 Å². The smallest absolute Gasteiger partial charge is 0.399 e. The van der Waals surface area contributed by atoms with E-state index in [4.69, 9.17) is 9.31 Å². The maximum Gasteiger partial charge on any atom is 0.495 e. The summed E-state index contributed by atoms with van der Waals surface area (Å²) >= 11 is 0. The van der Waals surface area contributed by atoms with Crippen LogP contribution in [0.15, 0.2) is 18.5 Å². The van der Waals surface area contributed by atoms with Crippen LogP contribution in [-0.2, 0) is 9.31 Å². The van der Waals surface area contributed by atoms with Gasteiger partial charge in [-0.3, -0.25) is 9.78 Å². The van der Waals surface area contributed by atoms with Crippen LogP contribution in [-0.4, -0.2) is 47.2 Å². The zero-order chi connectivity index (χ0) is 16.5. The van der Waals surface area contributed by atoms with Gasteiger partial charge in [0.05, 0.1) is 16.8 Å². The molecule has 1 fully saturated rings. The highest BCUT2D eigenvalue weighted by Crippen LogP contribution is 2.36. The van der Waals surface area contributed by atoms with E-state index in [1.807, 2.05) is 41.5 Å². The first-order chi connectivity index (χ1) is 10.2. The van der Waals surface area contributed by atoms with Crippen molar-refractivity contribution in [1.82, 2.24) is 9.88 Å². The second-order valence-electron chi connectivity index (χ2n) is 6.53. The van der Waals surface area contributed by atoms with Crippen LogP contribution in [0.2, 0.25) is 0 Å². The Hall–Kier alpha value is -1.40. The van der Waals surface area contributed by atoms with Crippen molar-refractivity contribution < 1.29 is 14.1 Å². The molecule has 2 rings (SSSR count). The minimum absolute atomic E-state index is 0.0391. The number of rotatable bonds is 4. The maximum atomic E-state index is 12.7. The van der Waals surface area contributed by atoms with E-state index in [0.717, 1.165) is 5.46 Å². The minimum Gasteiger partial charge on any atom is -0.399 e. The van der Waals surface area contributed by atoms with Crippen molar-refractivity contribution in [2.45, 2.75) is 52.7 Å². The van der Waals surface area contributed by atoms with Gasteiger partial charge in [0.2, 0.25) is 0 Å². The second kappa shape index (κ2) is 6.01. The maximum absolute atomic E-state index is 12.7. The molecule has 0 bridgehead atoms. The Balaban J connectivity index is 2.36. The lowest BCUT2D eigenvalue weighted by atomic mass is 9.76. The molecule has 0 spiro atoms. The van der Waals surface area contributed by atoms with Gasteiger partial charge in [-0.25, -0.2) is 0 Å². The monoisotopic (exact) mass is 304 g/mol. The van der Waals surface area contributed by atoms with Gasteiger partial charge in [0.15, 0.2) is 0 Å². The zero-order valence-electron chi connectivity index (χ0n) is 14.3. The highest BCUT2D eigenvalue weighted by atomic mass is 16.7. The molecule has 1 amide bonds. The lowest BCUT2D eigenvalue weighted by molar-refractivity contribution is 0.00578. The molecule has 2 heterocycles. The zero-order valence-corrected chi connectivity index (χ0v) is 14.3. The summed E-state index contributed by atoms with van der Waals surface area (Å²) in [5, 5.41) is 0. The first-order valence-corrected chi connectivity index (χ1v) is 7.82. The number of nitrogens with zero attached hydrogens (tertiary/aromatic N) is 2. The summed E-state index contributed by atoms with van der Waals surface area (Å²) in [4.78, 5) is 18.6. The number of hydrogen-bond acceptors (Lipinski definition) is 4. The van der Waals surface area contributed by atoms with Crippen LogP contribution in [0.3, 0.4) is 0 Å². The third-order valence-corrected chi connectivity index (χ3v) is 4.64. The minimum atomic E-state index is -0.553. The average molecular weight is 304 g/mol. The molecule has 5 nitrogen and oxygen atoms in total. The van der Waals surface area contributed by atoms with Crippen molar-refractivity contribution in [3.8, 4) is 0 Å². The predicted octanol–water partition coefficient (Wildman–Crippen LogP) is 1.86. The van der Waals surface area contributed by atoms with Crippen molar-refractivity contribution >= 4 is 18.5 Å². The quantitative estimate of drug-likeness (QED) is 0.797. The topological polar surface area (TPSA) is 51.7 Å². The Kier molecular flexibility index (Phi) is 4.63. The summed E-state index contributed by atoms with van der Waals surface area (Å²) < 4.78 is 12.1. The lowest BCUT2D eigenvalue weighted by Gasteiger charge is -2.32. The molecule has 0 N–H and O–H groups in total. The number of aromatic nitrogens is 1. The molecule has 0 aromatic carbocycles. The van der Waals surface area contributed by atoms with Crippen molar-refractivity contribution in [2.24, 2.45) is 0 Å². The Morgan fingerprint density at radius 1 is 1.18 bits per heavy atom. The molecule has 22 heavy (non-hydrogen) atoms. The van der Waals surface area contributed by atoms with Gasteiger partial charge in [-0.2, -0.15) is 0 Å². The number of carbonyl (C=O) groups is 1. The molecule has 6 heteroatoms. The van der Waals surface area contributed by atoms with Crippen molar-refractivity contribution in [3.05, 3.63) is 24.0 Å². The molecule has 120 valence electrons. The summed E-state index contributed by atoms with van der Waals surface area (Å²) in [6.45, 7) is 13.2. The SMILES string of the molecule is CCN(CC)C(=O)c1cnccc1B1OC(C)(C)C(C)(C)O1. The highest BCUT2D eigenvalue weighted by molar-refractivity contribution is 6.63. The normalized spacial score (nSPS) is 19.3. The third kappa shape index (κ3) is 2.90. The number of pyridine rings is 1. The van der Waals surface area contributed by atoms with Gasteiger partial charge in [-0.15, -0.1) is 0 Å². The largest absolute Gasteiger partial charge is 0.495 e. The molecule has 0 radical (unpaired) electrons. The molecule has 1 saturated heterocycles. The van der Waals surface area contributed by atoms with Gasteiger partial charge < -0.3 is 14.2 Å².